The van der Waals surface area contributed by atoms with Crippen molar-refractivity contribution in [3.63, 3.8) is 0 Å². The van der Waals surface area contributed by atoms with Gasteiger partial charge in [-0.15, -0.1) is 0 Å². The number of halogens is 1. The van der Waals surface area contributed by atoms with Crippen molar-refractivity contribution in [2.75, 3.05) is 5.32 Å². The van der Waals surface area contributed by atoms with Crippen molar-refractivity contribution in [3.05, 3.63) is 56.5 Å². The number of carbonyl (C=O) groups is 1. The van der Waals surface area contributed by atoms with Crippen molar-refractivity contribution in [2.45, 2.75) is 25.7 Å². The molecule has 0 aliphatic heterocycles. The molecule has 2 aromatic rings. The van der Waals surface area contributed by atoms with E-state index in [0.29, 0.717) is 10.6 Å². The minimum atomic E-state index is -0.328. The van der Waals surface area contributed by atoms with Gasteiger partial charge in [0.05, 0.1) is 5.69 Å². The van der Waals surface area contributed by atoms with Gasteiger partial charge in [0, 0.05) is 16.1 Å². The SMILES string of the molecule is O=C(Nc1nc2c(c(=O)[nH]1)CCCC2)c1ccc(Cl)cc1. The number of hydrogen-bond donors (Lipinski definition) is 2. The summed E-state index contributed by atoms with van der Waals surface area (Å²) in [7, 11) is 0. The van der Waals surface area contributed by atoms with E-state index in [9.17, 15) is 9.59 Å². The molecule has 0 saturated carbocycles. The Hall–Kier alpha value is -2.14. The predicted octanol–water partition coefficient (Wildman–Crippen LogP) is 2.55. The third-order valence-electron chi connectivity index (χ3n) is 3.53. The predicted molar refractivity (Wildman–Crippen MR) is 80.9 cm³/mol. The van der Waals surface area contributed by atoms with E-state index in [4.69, 9.17) is 11.6 Å². The van der Waals surface area contributed by atoms with Gasteiger partial charge < -0.3 is 0 Å². The quantitative estimate of drug-likeness (QED) is 0.895. The molecule has 0 atom stereocenters. The lowest BCUT2D eigenvalue weighted by Gasteiger charge is -2.14. The molecule has 1 aromatic heterocycles. The summed E-state index contributed by atoms with van der Waals surface area (Å²) in [6, 6.07) is 6.52. The van der Waals surface area contributed by atoms with Crippen LogP contribution < -0.4 is 10.9 Å². The van der Waals surface area contributed by atoms with Crippen LogP contribution in [0, 0.1) is 0 Å². The van der Waals surface area contributed by atoms with Gasteiger partial charge in [-0.3, -0.25) is 19.9 Å². The normalized spacial score (nSPS) is 13.6. The highest BCUT2D eigenvalue weighted by Gasteiger charge is 2.16. The first-order valence-corrected chi connectivity index (χ1v) is 7.20. The Bertz CT molecular complexity index is 738. The van der Waals surface area contributed by atoms with Crippen molar-refractivity contribution >= 4 is 23.5 Å². The largest absolute Gasteiger partial charge is 0.292 e. The fourth-order valence-electron chi connectivity index (χ4n) is 2.44. The second kappa shape index (κ2) is 5.69. The smallest absolute Gasteiger partial charge is 0.257 e. The van der Waals surface area contributed by atoms with Gasteiger partial charge >= 0.3 is 0 Å². The number of anilines is 1. The third kappa shape index (κ3) is 2.97. The minimum absolute atomic E-state index is 0.161. The zero-order chi connectivity index (χ0) is 14.8. The van der Waals surface area contributed by atoms with Crippen LogP contribution in [-0.2, 0) is 12.8 Å². The standard InChI is InChI=1S/C15H14ClN3O2/c16-10-7-5-9(6-8-10)13(20)18-15-17-12-4-2-1-3-11(12)14(21)19-15/h5-8H,1-4H2,(H2,17,18,19,20,21). The van der Waals surface area contributed by atoms with Gasteiger partial charge in [0.15, 0.2) is 0 Å². The van der Waals surface area contributed by atoms with Crippen LogP contribution in [0.4, 0.5) is 5.95 Å². The van der Waals surface area contributed by atoms with Gasteiger partial charge in [0.2, 0.25) is 5.95 Å². The number of aryl methyl sites for hydroxylation is 1. The van der Waals surface area contributed by atoms with Crippen LogP contribution in [0.15, 0.2) is 29.1 Å². The highest BCUT2D eigenvalue weighted by atomic mass is 35.5. The number of hydrogen-bond acceptors (Lipinski definition) is 3. The molecule has 1 heterocycles. The average molecular weight is 304 g/mol. The van der Waals surface area contributed by atoms with E-state index in [1.54, 1.807) is 24.3 Å². The molecule has 0 saturated heterocycles. The topological polar surface area (TPSA) is 74.8 Å². The van der Waals surface area contributed by atoms with Crippen molar-refractivity contribution in [1.82, 2.24) is 9.97 Å². The summed E-state index contributed by atoms with van der Waals surface area (Å²) in [4.78, 5) is 31.0. The molecule has 1 aromatic carbocycles. The molecule has 0 radical (unpaired) electrons. The van der Waals surface area contributed by atoms with E-state index >= 15 is 0 Å². The Balaban J connectivity index is 1.85. The van der Waals surface area contributed by atoms with Gasteiger partial charge in [-0.25, -0.2) is 4.98 Å². The van der Waals surface area contributed by atoms with E-state index in [-0.39, 0.29) is 17.4 Å². The zero-order valence-electron chi connectivity index (χ0n) is 11.3. The van der Waals surface area contributed by atoms with E-state index in [2.05, 4.69) is 15.3 Å². The molecule has 3 rings (SSSR count). The first kappa shape index (κ1) is 13.8. The Kier molecular flexibility index (Phi) is 3.75. The van der Waals surface area contributed by atoms with Crippen molar-refractivity contribution in [3.8, 4) is 0 Å². The summed E-state index contributed by atoms with van der Waals surface area (Å²) in [5.41, 5.74) is 1.83. The maximum atomic E-state index is 12.1. The highest BCUT2D eigenvalue weighted by Crippen LogP contribution is 2.17. The second-order valence-corrected chi connectivity index (χ2v) is 5.44. The molecule has 1 aliphatic rings. The van der Waals surface area contributed by atoms with E-state index in [1.807, 2.05) is 0 Å². The molecule has 6 heteroatoms. The molecule has 0 bridgehead atoms. The molecular formula is C15H14ClN3O2. The average Bonchev–Trinajstić information content (AvgIpc) is 2.48. The fraction of sp³-hybridized carbons (Fsp3) is 0.267. The molecule has 108 valence electrons. The Morgan fingerprint density at radius 3 is 2.67 bits per heavy atom. The molecule has 1 aliphatic carbocycles. The maximum Gasteiger partial charge on any atom is 0.257 e. The molecule has 1 amide bonds. The summed E-state index contributed by atoms with van der Waals surface area (Å²) >= 11 is 5.79. The lowest BCUT2D eigenvalue weighted by atomic mass is 9.97. The third-order valence-corrected chi connectivity index (χ3v) is 3.78. The minimum Gasteiger partial charge on any atom is -0.292 e. The molecule has 21 heavy (non-hydrogen) atoms. The second-order valence-electron chi connectivity index (χ2n) is 5.01. The summed E-state index contributed by atoms with van der Waals surface area (Å²) in [6.45, 7) is 0. The maximum absolute atomic E-state index is 12.1. The lowest BCUT2D eigenvalue weighted by molar-refractivity contribution is 0.102. The van der Waals surface area contributed by atoms with Crippen LogP contribution in [0.5, 0.6) is 0 Å². The van der Waals surface area contributed by atoms with Crippen LogP contribution >= 0.6 is 11.6 Å². The first-order valence-electron chi connectivity index (χ1n) is 6.82. The van der Waals surface area contributed by atoms with E-state index in [1.165, 1.54) is 0 Å². The van der Waals surface area contributed by atoms with E-state index < -0.39 is 0 Å². The molecule has 2 N–H and O–H groups in total. The molecular weight excluding hydrogens is 290 g/mol. The number of aromatic nitrogens is 2. The Morgan fingerprint density at radius 1 is 1.19 bits per heavy atom. The molecule has 5 nitrogen and oxygen atoms in total. The number of nitrogens with zero attached hydrogens (tertiary/aromatic N) is 1. The van der Waals surface area contributed by atoms with Crippen LogP contribution in [-0.4, -0.2) is 15.9 Å². The number of nitrogens with one attached hydrogen (secondary N) is 2. The van der Waals surface area contributed by atoms with Crippen molar-refractivity contribution in [1.29, 1.82) is 0 Å². The van der Waals surface area contributed by atoms with Crippen LogP contribution in [0.25, 0.3) is 0 Å². The number of H-pyrrole nitrogens is 1. The monoisotopic (exact) mass is 303 g/mol. The first-order chi connectivity index (χ1) is 10.1. The van der Waals surface area contributed by atoms with E-state index in [0.717, 1.165) is 36.9 Å². The van der Waals surface area contributed by atoms with Crippen LogP contribution in [0.3, 0.4) is 0 Å². The van der Waals surface area contributed by atoms with Gasteiger partial charge in [-0.2, -0.15) is 0 Å². The number of benzene rings is 1. The number of carbonyl (C=O) groups excluding carboxylic acids is 1. The fourth-order valence-corrected chi connectivity index (χ4v) is 2.57. The van der Waals surface area contributed by atoms with Crippen molar-refractivity contribution in [2.24, 2.45) is 0 Å². The summed E-state index contributed by atoms with van der Waals surface area (Å²) < 4.78 is 0. The number of aromatic amines is 1. The summed E-state index contributed by atoms with van der Waals surface area (Å²) in [5, 5.41) is 3.18. The molecule has 0 unspecified atom stereocenters. The van der Waals surface area contributed by atoms with Gasteiger partial charge in [-0.1, -0.05) is 11.6 Å². The summed E-state index contributed by atoms with van der Waals surface area (Å²) in [5.74, 6) is -0.133. The number of rotatable bonds is 2. The zero-order valence-corrected chi connectivity index (χ0v) is 12.0. The summed E-state index contributed by atoms with van der Waals surface area (Å²) in [6.07, 6.45) is 3.56. The van der Waals surface area contributed by atoms with Gasteiger partial charge in [0.1, 0.15) is 0 Å². The van der Waals surface area contributed by atoms with Gasteiger partial charge in [0.25, 0.3) is 11.5 Å². The molecule has 0 spiro atoms. The van der Waals surface area contributed by atoms with Crippen LogP contribution in [0.2, 0.25) is 5.02 Å². The lowest BCUT2D eigenvalue weighted by Crippen LogP contribution is -2.24. The van der Waals surface area contributed by atoms with Crippen LogP contribution in [0.1, 0.15) is 34.5 Å². The van der Waals surface area contributed by atoms with Gasteiger partial charge in [-0.05, 0) is 49.9 Å². The highest BCUT2D eigenvalue weighted by molar-refractivity contribution is 6.30. The molecule has 0 fully saturated rings. The number of amides is 1. The Labute approximate surface area is 126 Å². The Morgan fingerprint density at radius 2 is 1.90 bits per heavy atom. The number of fused-ring (bicyclic) bond motifs is 1. The van der Waals surface area contributed by atoms with Crippen molar-refractivity contribution < 1.29 is 4.79 Å².